The Morgan fingerprint density at radius 3 is 2.04 bits per heavy atom. The van der Waals surface area contributed by atoms with Crippen LogP contribution in [0.3, 0.4) is 0 Å². The summed E-state index contributed by atoms with van der Waals surface area (Å²) < 4.78 is 5.24. The van der Waals surface area contributed by atoms with Gasteiger partial charge in [-0.25, -0.2) is 4.79 Å². The quantitative estimate of drug-likeness (QED) is 0.418. The number of aliphatic hydroxyl groups excluding tert-OH is 1. The van der Waals surface area contributed by atoms with Gasteiger partial charge in [-0.1, -0.05) is 63.3 Å². The topological polar surface area (TPSA) is 58.6 Å². The molecule has 160 valence electrons. The SMILES string of the molecule is CCCCc1ccc(CCCCCCCC(CO)NC(=O)OC(C)(C)C)cc1. The van der Waals surface area contributed by atoms with Crippen molar-refractivity contribution in [2.24, 2.45) is 0 Å². The summed E-state index contributed by atoms with van der Waals surface area (Å²) in [6.07, 6.45) is 11.0. The molecule has 0 radical (unpaired) electrons. The van der Waals surface area contributed by atoms with Crippen LogP contribution in [0.4, 0.5) is 4.79 Å². The summed E-state index contributed by atoms with van der Waals surface area (Å²) in [7, 11) is 0. The summed E-state index contributed by atoms with van der Waals surface area (Å²) in [6.45, 7) is 7.69. The van der Waals surface area contributed by atoms with Crippen molar-refractivity contribution in [1.82, 2.24) is 5.32 Å². The predicted molar refractivity (Wildman–Crippen MR) is 117 cm³/mol. The van der Waals surface area contributed by atoms with Crippen molar-refractivity contribution in [2.75, 3.05) is 6.61 Å². The molecular weight excluding hydrogens is 350 g/mol. The van der Waals surface area contributed by atoms with Crippen LogP contribution in [0.25, 0.3) is 0 Å². The van der Waals surface area contributed by atoms with E-state index in [4.69, 9.17) is 4.74 Å². The van der Waals surface area contributed by atoms with Crippen LogP contribution in [0, 0.1) is 0 Å². The van der Waals surface area contributed by atoms with Crippen LogP contribution in [-0.4, -0.2) is 29.4 Å². The van der Waals surface area contributed by atoms with Gasteiger partial charge in [0.2, 0.25) is 0 Å². The van der Waals surface area contributed by atoms with Gasteiger partial charge in [-0.3, -0.25) is 0 Å². The summed E-state index contributed by atoms with van der Waals surface area (Å²) in [4.78, 5) is 11.8. The van der Waals surface area contributed by atoms with Crippen LogP contribution < -0.4 is 5.32 Å². The molecule has 0 bridgehead atoms. The third-order valence-electron chi connectivity index (χ3n) is 4.80. The number of ether oxygens (including phenoxy) is 1. The molecule has 1 amide bonds. The maximum Gasteiger partial charge on any atom is 0.407 e. The van der Waals surface area contributed by atoms with Gasteiger partial charge < -0.3 is 15.2 Å². The normalized spacial score (nSPS) is 12.6. The second-order valence-corrected chi connectivity index (χ2v) is 8.75. The summed E-state index contributed by atoms with van der Waals surface area (Å²) in [5.74, 6) is 0. The molecule has 0 saturated heterocycles. The lowest BCUT2D eigenvalue weighted by Gasteiger charge is -2.22. The van der Waals surface area contributed by atoms with E-state index in [2.05, 4.69) is 36.5 Å². The number of unbranched alkanes of at least 4 members (excludes halogenated alkanes) is 5. The van der Waals surface area contributed by atoms with Gasteiger partial charge in [-0.15, -0.1) is 0 Å². The minimum absolute atomic E-state index is 0.0481. The van der Waals surface area contributed by atoms with Crippen molar-refractivity contribution in [3.63, 3.8) is 0 Å². The molecule has 0 heterocycles. The first-order valence-corrected chi connectivity index (χ1v) is 11.0. The Hall–Kier alpha value is -1.55. The zero-order chi connectivity index (χ0) is 20.8. The lowest BCUT2D eigenvalue weighted by atomic mass is 10.0. The van der Waals surface area contributed by atoms with Gasteiger partial charge in [0.25, 0.3) is 0 Å². The van der Waals surface area contributed by atoms with Crippen LogP contribution in [-0.2, 0) is 17.6 Å². The number of aliphatic hydroxyl groups is 1. The number of alkyl carbamates (subject to hydrolysis) is 1. The molecule has 1 unspecified atom stereocenters. The number of carbonyl (C=O) groups is 1. The molecule has 0 fully saturated rings. The van der Waals surface area contributed by atoms with Crippen molar-refractivity contribution in [2.45, 2.75) is 104 Å². The monoisotopic (exact) mass is 391 g/mol. The lowest BCUT2D eigenvalue weighted by molar-refractivity contribution is 0.0478. The number of hydrogen-bond acceptors (Lipinski definition) is 3. The molecule has 1 rings (SSSR count). The van der Waals surface area contributed by atoms with E-state index in [1.54, 1.807) is 0 Å². The highest BCUT2D eigenvalue weighted by molar-refractivity contribution is 5.68. The summed E-state index contributed by atoms with van der Waals surface area (Å²) in [6, 6.07) is 8.88. The van der Waals surface area contributed by atoms with E-state index >= 15 is 0 Å². The molecule has 0 aliphatic carbocycles. The maximum absolute atomic E-state index is 11.8. The summed E-state index contributed by atoms with van der Waals surface area (Å²) in [5.41, 5.74) is 2.37. The molecule has 0 aromatic heterocycles. The zero-order valence-electron chi connectivity index (χ0n) is 18.4. The number of aryl methyl sites for hydroxylation is 2. The highest BCUT2D eigenvalue weighted by Gasteiger charge is 2.18. The van der Waals surface area contributed by atoms with Gasteiger partial charge in [-0.05, 0) is 64.0 Å². The van der Waals surface area contributed by atoms with Gasteiger partial charge in [-0.2, -0.15) is 0 Å². The smallest absolute Gasteiger partial charge is 0.407 e. The first kappa shape index (κ1) is 24.5. The fraction of sp³-hybridized carbons (Fsp3) is 0.708. The van der Waals surface area contributed by atoms with Gasteiger partial charge in [0.1, 0.15) is 5.60 Å². The Labute approximate surface area is 172 Å². The molecule has 4 heteroatoms. The average molecular weight is 392 g/mol. The van der Waals surface area contributed by atoms with Crippen LogP contribution in [0.1, 0.15) is 90.2 Å². The fourth-order valence-electron chi connectivity index (χ4n) is 3.19. The number of amides is 1. The third kappa shape index (κ3) is 12.0. The molecule has 1 aromatic carbocycles. The van der Waals surface area contributed by atoms with Crippen molar-refractivity contribution in [3.05, 3.63) is 35.4 Å². The molecule has 1 aromatic rings. The second-order valence-electron chi connectivity index (χ2n) is 8.75. The first-order valence-electron chi connectivity index (χ1n) is 11.0. The Morgan fingerprint density at radius 2 is 1.50 bits per heavy atom. The average Bonchev–Trinajstić information content (AvgIpc) is 2.64. The molecule has 1 atom stereocenters. The zero-order valence-corrected chi connectivity index (χ0v) is 18.4. The Kier molecular flexibility index (Phi) is 11.9. The third-order valence-corrected chi connectivity index (χ3v) is 4.80. The molecular formula is C24H41NO3. The fourth-order valence-corrected chi connectivity index (χ4v) is 3.19. The van der Waals surface area contributed by atoms with E-state index in [1.807, 2.05) is 20.8 Å². The van der Waals surface area contributed by atoms with E-state index in [1.165, 1.54) is 49.7 Å². The first-order chi connectivity index (χ1) is 13.3. The number of carbonyl (C=O) groups excluding carboxylic acids is 1. The highest BCUT2D eigenvalue weighted by Crippen LogP contribution is 2.13. The van der Waals surface area contributed by atoms with Crippen LogP contribution >= 0.6 is 0 Å². The number of hydrogen-bond donors (Lipinski definition) is 2. The molecule has 0 aliphatic heterocycles. The minimum Gasteiger partial charge on any atom is -0.444 e. The second kappa shape index (κ2) is 13.6. The van der Waals surface area contributed by atoms with E-state index in [9.17, 15) is 9.90 Å². The molecule has 0 saturated carbocycles. The predicted octanol–water partition coefficient (Wildman–Crippen LogP) is 5.80. The van der Waals surface area contributed by atoms with Crippen LogP contribution in [0.15, 0.2) is 24.3 Å². The Bertz CT molecular complexity index is 534. The van der Waals surface area contributed by atoms with Crippen molar-refractivity contribution in [1.29, 1.82) is 0 Å². The number of benzene rings is 1. The van der Waals surface area contributed by atoms with Gasteiger partial charge in [0, 0.05) is 0 Å². The number of nitrogens with one attached hydrogen (secondary N) is 1. The standard InChI is InChI=1S/C24H41NO3/c1-5-6-12-20-15-17-21(18-16-20)13-10-8-7-9-11-14-22(19-26)25-23(27)28-24(2,3)4/h15-18,22,26H,5-14,19H2,1-4H3,(H,25,27). The minimum atomic E-state index is -0.514. The molecule has 0 aliphatic rings. The van der Waals surface area contributed by atoms with Gasteiger partial charge >= 0.3 is 6.09 Å². The van der Waals surface area contributed by atoms with Gasteiger partial charge in [0.05, 0.1) is 12.6 Å². The van der Waals surface area contributed by atoms with Crippen molar-refractivity contribution < 1.29 is 14.6 Å². The van der Waals surface area contributed by atoms with E-state index < -0.39 is 11.7 Å². The maximum atomic E-state index is 11.8. The largest absolute Gasteiger partial charge is 0.444 e. The van der Waals surface area contributed by atoms with E-state index in [0.29, 0.717) is 0 Å². The molecule has 2 N–H and O–H groups in total. The highest BCUT2D eigenvalue weighted by atomic mass is 16.6. The van der Waals surface area contributed by atoms with Crippen LogP contribution in [0.5, 0.6) is 0 Å². The molecule has 4 nitrogen and oxygen atoms in total. The molecule has 0 spiro atoms. The summed E-state index contributed by atoms with van der Waals surface area (Å²) in [5, 5.41) is 12.2. The van der Waals surface area contributed by atoms with Crippen LogP contribution in [0.2, 0.25) is 0 Å². The number of rotatable bonds is 13. The lowest BCUT2D eigenvalue weighted by Crippen LogP contribution is -2.41. The van der Waals surface area contributed by atoms with E-state index in [-0.39, 0.29) is 12.6 Å². The van der Waals surface area contributed by atoms with Crippen molar-refractivity contribution >= 4 is 6.09 Å². The van der Waals surface area contributed by atoms with Crippen molar-refractivity contribution in [3.8, 4) is 0 Å². The Morgan fingerprint density at radius 1 is 0.964 bits per heavy atom. The summed E-state index contributed by atoms with van der Waals surface area (Å²) >= 11 is 0. The molecule has 28 heavy (non-hydrogen) atoms. The van der Waals surface area contributed by atoms with Gasteiger partial charge in [0.15, 0.2) is 0 Å². The Balaban J connectivity index is 2.10. The van der Waals surface area contributed by atoms with E-state index in [0.717, 1.165) is 25.7 Å².